The molecule has 3 rings (SSSR count). The van der Waals surface area contributed by atoms with Gasteiger partial charge in [0.05, 0.1) is 4.88 Å². The smallest absolute Gasteiger partial charge is 0.284 e. The van der Waals surface area contributed by atoms with Crippen molar-refractivity contribution in [2.75, 3.05) is 0 Å². The van der Waals surface area contributed by atoms with Crippen LogP contribution in [-0.4, -0.2) is 13.7 Å². The topological polar surface area (TPSA) is 59.4 Å². The lowest BCUT2D eigenvalue weighted by molar-refractivity contribution is 0.300. The zero-order chi connectivity index (χ0) is 15.5. The van der Waals surface area contributed by atoms with Crippen LogP contribution < -0.4 is 0 Å². The molecule has 0 aliphatic carbocycles. The summed E-state index contributed by atoms with van der Waals surface area (Å²) in [5.74, 6) is -0.273. The van der Waals surface area contributed by atoms with Crippen molar-refractivity contribution in [1.29, 1.82) is 0 Å². The highest BCUT2D eigenvalue weighted by atomic mass is 32.2. The predicted octanol–water partition coefficient (Wildman–Crippen LogP) is 4.33. The first-order valence-corrected chi connectivity index (χ1v) is 8.83. The fourth-order valence-electron chi connectivity index (χ4n) is 1.81. The average molecular weight is 355 g/mol. The molecule has 2 aromatic heterocycles. The van der Waals surface area contributed by atoms with Crippen molar-refractivity contribution in [3.63, 3.8) is 0 Å². The normalized spacial score (nSPS) is 12.5. The van der Waals surface area contributed by atoms with Gasteiger partial charge in [-0.1, -0.05) is 0 Å². The molecule has 2 heterocycles. The second-order valence-electron chi connectivity index (χ2n) is 4.28. The van der Waals surface area contributed by atoms with E-state index in [-0.39, 0.29) is 12.4 Å². The summed E-state index contributed by atoms with van der Waals surface area (Å²) in [6, 6.07) is 9.98. The van der Waals surface area contributed by atoms with Gasteiger partial charge < -0.3 is 0 Å². The highest BCUT2D eigenvalue weighted by Crippen LogP contribution is 2.36. The van der Waals surface area contributed by atoms with Crippen LogP contribution in [0.15, 0.2) is 42.6 Å². The Morgan fingerprint density at radius 3 is 2.64 bits per heavy atom. The van der Waals surface area contributed by atoms with E-state index in [0.29, 0.717) is 0 Å². The molecular weight excluding hydrogens is 345 g/mol. The van der Waals surface area contributed by atoms with Gasteiger partial charge in [0, 0.05) is 21.5 Å². The number of nitrogens with zero attached hydrogens (tertiary/aromatic N) is 1. The zero-order valence-corrected chi connectivity index (χ0v) is 13.5. The highest BCUT2D eigenvalue weighted by Gasteiger charge is 2.10. The number of thiazole rings is 1. The van der Waals surface area contributed by atoms with Crippen LogP contribution in [0, 0.1) is 5.82 Å². The van der Waals surface area contributed by atoms with Gasteiger partial charge >= 0.3 is 11.4 Å². The molecule has 0 spiro atoms. The van der Waals surface area contributed by atoms with Gasteiger partial charge in [0.15, 0.2) is 0 Å². The van der Waals surface area contributed by atoms with E-state index < -0.39 is 11.4 Å². The molecule has 1 aromatic carbocycles. The fourth-order valence-corrected chi connectivity index (χ4v) is 4.03. The summed E-state index contributed by atoms with van der Waals surface area (Å²) in [7, 11) is 0. The van der Waals surface area contributed by atoms with Crippen molar-refractivity contribution >= 4 is 34.0 Å². The standard InChI is InChI=1S/C14H10FNO3S3/c15-10-3-1-9(2-4-10)14-16-7-13(21-14)12-6-5-11(20-12)8-19-22(17)18/h1-7H,8H2,(H,17,18). The van der Waals surface area contributed by atoms with Crippen molar-refractivity contribution < 1.29 is 17.3 Å². The minimum absolute atomic E-state index is 0.0946. The molecule has 3 aromatic rings. The fraction of sp³-hybridized carbons (Fsp3) is 0.0714. The van der Waals surface area contributed by atoms with Crippen LogP contribution in [0.4, 0.5) is 4.39 Å². The van der Waals surface area contributed by atoms with Crippen LogP contribution in [0.25, 0.3) is 20.3 Å². The van der Waals surface area contributed by atoms with Crippen molar-refractivity contribution in [3.8, 4) is 20.3 Å². The molecule has 1 unspecified atom stereocenters. The molecule has 0 radical (unpaired) electrons. The zero-order valence-electron chi connectivity index (χ0n) is 11.1. The van der Waals surface area contributed by atoms with Crippen molar-refractivity contribution in [2.45, 2.75) is 6.61 Å². The number of thiophene rings is 1. The number of aromatic nitrogens is 1. The molecule has 0 aliphatic heterocycles. The van der Waals surface area contributed by atoms with E-state index in [1.165, 1.54) is 34.8 Å². The molecule has 114 valence electrons. The van der Waals surface area contributed by atoms with Crippen molar-refractivity contribution in [1.82, 2.24) is 4.98 Å². The van der Waals surface area contributed by atoms with Crippen LogP contribution in [0.2, 0.25) is 0 Å². The third-order valence-electron chi connectivity index (χ3n) is 2.80. The Hall–Kier alpha value is -1.45. The Morgan fingerprint density at radius 2 is 1.91 bits per heavy atom. The lowest BCUT2D eigenvalue weighted by atomic mass is 10.2. The molecule has 1 atom stereocenters. The minimum Gasteiger partial charge on any atom is -0.284 e. The van der Waals surface area contributed by atoms with Gasteiger partial charge in [0.1, 0.15) is 17.4 Å². The Morgan fingerprint density at radius 1 is 1.14 bits per heavy atom. The molecule has 4 nitrogen and oxygen atoms in total. The number of hydrogen-bond acceptors (Lipinski definition) is 5. The molecule has 0 bridgehead atoms. The van der Waals surface area contributed by atoms with E-state index >= 15 is 0 Å². The maximum atomic E-state index is 12.9. The summed E-state index contributed by atoms with van der Waals surface area (Å²) in [5, 5.41) is 0.817. The molecule has 22 heavy (non-hydrogen) atoms. The summed E-state index contributed by atoms with van der Waals surface area (Å²) in [5.41, 5.74) is 0.869. The lowest BCUT2D eigenvalue weighted by Gasteiger charge is -1.95. The van der Waals surface area contributed by atoms with E-state index in [9.17, 15) is 8.60 Å². The van der Waals surface area contributed by atoms with Crippen molar-refractivity contribution in [2.24, 2.45) is 0 Å². The van der Waals surface area contributed by atoms with Crippen LogP contribution in [-0.2, 0) is 22.2 Å². The van der Waals surface area contributed by atoms with Gasteiger partial charge in [0.25, 0.3) is 0 Å². The summed E-state index contributed by atoms with van der Waals surface area (Å²) in [6.45, 7) is 0.0946. The van der Waals surface area contributed by atoms with Crippen LogP contribution >= 0.6 is 22.7 Å². The quantitative estimate of drug-likeness (QED) is 0.692. The second-order valence-corrected chi connectivity index (χ2v) is 7.15. The van der Waals surface area contributed by atoms with Gasteiger partial charge in [-0.25, -0.2) is 9.37 Å². The predicted molar refractivity (Wildman–Crippen MR) is 86.4 cm³/mol. The average Bonchev–Trinajstić information content (AvgIpc) is 3.15. The van der Waals surface area contributed by atoms with E-state index in [1.807, 2.05) is 12.1 Å². The summed E-state index contributed by atoms with van der Waals surface area (Å²) in [4.78, 5) is 7.21. The molecule has 0 aliphatic rings. The molecule has 8 heteroatoms. The molecular formula is C14H10FNO3S3. The van der Waals surface area contributed by atoms with Crippen LogP contribution in [0.3, 0.4) is 0 Å². The van der Waals surface area contributed by atoms with Crippen LogP contribution in [0.1, 0.15) is 4.88 Å². The largest absolute Gasteiger partial charge is 0.302 e. The number of rotatable bonds is 5. The summed E-state index contributed by atoms with van der Waals surface area (Å²) >= 11 is 0.730. The monoisotopic (exact) mass is 355 g/mol. The Balaban J connectivity index is 1.79. The minimum atomic E-state index is -2.26. The van der Waals surface area contributed by atoms with Gasteiger partial charge in [-0.3, -0.25) is 8.74 Å². The van der Waals surface area contributed by atoms with E-state index in [4.69, 9.17) is 4.55 Å². The summed E-state index contributed by atoms with van der Waals surface area (Å²) in [6.07, 6.45) is 1.77. The van der Waals surface area contributed by atoms with Crippen molar-refractivity contribution in [3.05, 3.63) is 53.3 Å². The Bertz CT molecular complexity index is 798. The van der Waals surface area contributed by atoms with Gasteiger partial charge in [-0.15, -0.1) is 22.7 Å². The first-order chi connectivity index (χ1) is 10.6. The summed E-state index contributed by atoms with van der Waals surface area (Å²) < 4.78 is 36.7. The van der Waals surface area contributed by atoms with E-state index in [0.717, 1.165) is 25.2 Å². The SMILES string of the molecule is O=S(O)OCc1ccc(-c2cnc(-c3ccc(F)cc3)s2)s1. The van der Waals surface area contributed by atoms with E-state index in [1.54, 1.807) is 18.3 Å². The number of benzene rings is 1. The highest BCUT2D eigenvalue weighted by molar-refractivity contribution is 7.74. The third kappa shape index (κ3) is 3.65. The lowest BCUT2D eigenvalue weighted by Crippen LogP contribution is -1.93. The Labute approximate surface area is 136 Å². The van der Waals surface area contributed by atoms with Gasteiger partial charge in [-0.05, 0) is 36.4 Å². The molecule has 0 amide bonds. The molecule has 0 fully saturated rings. The molecule has 0 saturated carbocycles. The van der Waals surface area contributed by atoms with Crippen LogP contribution in [0.5, 0.6) is 0 Å². The maximum Gasteiger partial charge on any atom is 0.302 e. The Kier molecular flexibility index (Phi) is 4.74. The molecule has 1 N–H and O–H groups in total. The first kappa shape index (κ1) is 15.4. The number of halogens is 1. The molecule has 0 saturated heterocycles. The second kappa shape index (κ2) is 6.76. The van der Waals surface area contributed by atoms with Gasteiger partial charge in [0.2, 0.25) is 0 Å². The number of hydrogen-bond donors (Lipinski definition) is 1. The maximum absolute atomic E-state index is 12.9. The third-order valence-corrected chi connectivity index (χ3v) is 5.42. The van der Waals surface area contributed by atoms with Gasteiger partial charge in [-0.2, -0.15) is 4.21 Å². The first-order valence-electron chi connectivity index (χ1n) is 6.17. The van der Waals surface area contributed by atoms with E-state index in [2.05, 4.69) is 9.17 Å².